The first-order valence-electron chi connectivity index (χ1n) is 4.67. The molecule has 0 unspecified atom stereocenters. The van der Waals surface area contributed by atoms with Crippen LogP contribution >= 0.6 is 11.8 Å². The minimum absolute atomic E-state index is 0.151. The molecule has 0 aromatic rings. The number of Topliss-reactive ketones (excluding diaryl/α,β-unsaturated/α-hetero) is 2. The highest BCUT2D eigenvalue weighted by Gasteiger charge is 2.41. The first-order chi connectivity index (χ1) is 6.11. The second-order valence-electron chi connectivity index (χ2n) is 3.77. The number of rotatable bonds is 3. The van der Waals surface area contributed by atoms with E-state index < -0.39 is 5.41 Å². The molecule has 2 nitrogen and oxygen atoms in total. The normalized spacial score (nSPS) is 22.0. The summed E-state index contributed by atoms with van der Waals surface area (Å²) in [5.74, 6) is 1.20. The molecule has 1 fully saturated rings. The lowest BCUT2D eigenvalue weighted by molar-refractivity contribution is -0.142. The van der Waals surface area contributed by atoms with Crippen LogP contribution in [0.1, 0.15) is 32.6 Å². The Hall–Kier alpha value is -0.310. The van der Waals surface area contributed by atoms with E-state index in [-0.39, 0.29) is 11.6 Å². The maximum Gasteiger partial charge on any atom is 0.146 e. The molecule has 0 atom stereocenters. The third-order valence-electron chi connectivity index (χ3n) is 2.84. The third-order valence-corrected chi connectivity index (χ3v) is 3.46. The molecule has 0 aliphatic heterocycles. The first kappa shape index (κ1) is 10.8. The molecule has 0 saturated heterocycles. The molecular weight excluding hydrogens is 184 g/mol. The number of hydrogen-bond acceptors (Lipinski definition) is 3. The smallest absolute Gasteiger partial charge is 0.146 e. The highest BCUT2D eigenvalue weighted by atomic mass is 32.2. The topological polar surface area (TPSA) is 34.1 Å². The molecule has 0 bridgehead atoms. The fourth-order valence-electron chi connectivity index (χ4n) is 1.70. The lowest BCUT2D eigenvalue weighted by Crippen LogP contribution is -2.40. The Labute approximate surface area is 83.5 Å². The van der Waals surface area contributed by atoms with Gasteiger partial charge < -0.3 is 0 Å². The van der Waals surface area contributed by atoms with Gasteiger partial charge in [0, 0.05) is 12.8 Å². The molecule has 0 aromatic carbocycles. The second-order valence-corrected chi connectivity index (χ2v) is 4.76. The zero-order chi connectivity index (χ0) is 9.90. The van der Waals surface area contributed by atoms with Gasteiger partial charge in [-0.05, 0) is 31.8 Å². The van der Waals surface area contributed by atoms with Gasteiger partial charge in [0.15, 0.2) is 0 Å². The molecule has 13 heavy (non-hydrogen) atoms. The Bertz CT molecular complexity index is 207. The van der Waals surface area contributed by atoms with Crippen LogP contribution < -0.4 is 0 Å². The number of hydrogen-bond donors (Lipinski definition) is 0. The Balaban J connectivity index is 2.69. The molecule has 74 valence electrons. The second kappa shape index (κ2) is 4.27. The van der Waals surface area contributed by atoms with Crippen LogP contribution in [-0.2, 0) is 9.59 Å². The lowest BCUT2D eigenvalue weighted by atomic mass is 9.72. The summed E-state index contributed by atoms with van der Waals surface area (Å²) in [7, 11) is 0. The van der Waals surface area contributed by atoms with Gasteiger partial charge in [-0.2, -0.15) is 11.8 Å². The Morgan fingerprint density at radius 2 is 1.85 bits per heavy atom. The van der Waals surface area contributed by atoms with Gasteiger partial charge in [0.2, 0.25) is 0 Å². The van der Waals surface area contributed by atoms with Crippen LogP contribution in [0, 0.1) is 5.41 Å². The summed E-state index contributed by atoms with van der Waals surface area (Å²) in [5, 5.41) is 0. The van der Waals surface area contributed by atoms with Crippen molar-refractivity contribution in [3.63, 3.8) is 0 Å². The van der Waals surface area contributed by atoms with E-state index in [2.05, 4.69) is 0 Å². The average Bonchev–Trinajstić information content (AvgIpc) is 2.11. The molecule has 3 heteroatoms. The van der Waals surface area contributed by atoms with E-state index >= 15 is 0 Å². The summed E-state index contributed by atoms with van der Waals surface area (Å²) < 4.78 is 0. The van der Waals surface area contributed by atoms with Crippen molar-refractivity contribution < 1.29 is 9.59 Å². The number of carbonyl (C=O) groups is 2. The van der Waals surface area contributed by atoms with Gasteiger partial charge in [-0.25, -0.2) is 0 Å². The van der Waals surface area contributed by atoms with Crippen molar-refractivity contribution in [3.8, 4) is 0 Å². The number of ketones is 2. The highest BCUT2D eigenvalue weighted by Crippen LogP contribution is 2.33. The zero-order valence-electron chi connectivity index (χ0n) is 8.26. The maximum atomic E-state index is 11.6. The molecule has 1 rings (SSSR count). The monoisotopic (exact) mass is 200 g/mol. The van der Waals surface area contributed by atoms with Crippen molar-refractivity contribution in [3.05, 3.63) is 0 Å². The van der Waals surface area contributed by atoms with Gasteiger partial charge in [-0.15, -0.1) is 0 Å². The Morgan fingerprint density at radius 1 is 1.31 bits per heavy atom. The van der Waals surface area contributed by atoms with Gasteiger partial charge in [0.25, 0.3) is 0 Å². The molecule has 0 aromatic heterocycles. The summed E-state index contributed by atoms with van der Waals surface area (Å²) in [6.07, 6.45) is 4.66. The average molecular weight is 200 g/mol. The van der Waals surface area contributed by atoms with Crippen LogP contribution in [0.2, 0.25) is 0 Å². The van der Waals surface area contributed by atoms with Crippen LogP contribution in [0.25, 0.3) is 0 Å². The molecular formula is C10H16O2S. The fourth-order valence-corrected chi connectivity index (χ4v) is 2.31. The fraction of sp³-hybridized carbons (Fsp3) is 0.800. The van der Waals surface area contributed by atoms with E-state index in [1.54, 1.807) is 11.8 Å². The van der Waals surface area contributed by atoms with Crippen molar-refractivity contribution in [2.24, 2.45) is 5.41 Å². The number of thioether (sulfide) groups is 1. The van der Waals surface area contributed by atoms with Crippen LogP contribution in [0.5, 0.6) is 0 Å². The van der Waals surface area contributed by atoms with Gasteiger partial charge in [0.1, 0.15) is 11.6 Å². The summed E-state index contributed by atoms with van der Waals surface area (Å²) >= 11 is 1.69. The van der Waals surface area contributed by atoms with Crippen LogP contribution in [-0.4, -0.2) is 23.6 Å². The van der Waals surface area contributed by atoms with Crippen molar-refractivity contribution >= 4 is 23.3 Å². The van der Waals surface area contributed by atoms with Gasteiger partial charge in [-0.3, -0.25) is 9.59 Å². The lowest BCUT2D eigenvalue weighted by Gasteiger charge is -2.30. The van der Waals surface area contributed by atoms with Gasteiger partial charge in [0.05, 0.1) is 5.41 Å². The SMILES string of the molecule is CSCCC1(C)C(=O)CCCC1=O. The van der Waals surface area contributed by atoms with E-state index in [0.29, 0.717) is 19.3 Å². The molecule has 0 amide bonds. The van der Waals surface area contributed by atoms with E-state index in [4.69, 9.17) is 0 Å². The molecule has 1 saturated carbocycles. The largest absolute Gasteiger partial charge is 0.299 e. The summed E-state index contributed by atoms with van der Waals surface area (Å²) in [6, 6.07) is 0. The Morgan fingerprint density at radius 3 is 2.31 bits per heavy atom. The maximum absolute atomic E-state index is 11.6. The summed E-state index contributed by atoms with van der Waals surface area (Å²) in [4.78, 5) is 23.2. The van der Waals surface area contributed by atoms with Crippen molar-refractivity contribution in [2.45, 2.75) is 32.6 Å². The van der Waals surface area contributed by atoms with E-state index in [1.807, 2.05) is 13.2 Å². The van der Waals surface area contributed by atoms with E-state index in [1.165, 1.54) is 0 Å². The predicted octanol–water partition coefficient (Wildman–Crippen LogP) is 2.07. The predicted molar refractivity (Wildman–Crippen MR) is 55.0 cm³/mol. The van der Waals surface area contributed by atoms with E-state index in [9.17, 15) is 9.59 Å². The van der Waals surface area contributed by atoms with Crippen molar-refractivity contribution in [1.29, 1.82) is 0 Å². The van der Waals surface area contributed by atoms with Crippen LogP contribution in [0.15, 0.2) is 0 Å². The molecule has 0 heterocycles. The summed E-state index contributed by atoms with van der Waals surface area (Å²) in [5.41, 5.74) is -0.652. The standard InChI is InChI=1S/C10H16O2S/c1-10(6-7-13-2)8(11)4-3-5-9(10)12/h3-7H2,1-2H3. The molecule has 0 N–H and O–H groups in total. The van der Waals surface area contributed by atoms with Crippen LogP contribution in [0.4, 0.5) is 0 Å². The Kier molecular flexibility index (Phi) is 3.54. The minimum Gasteiger partial charge on any atom is -0.299 e. The number of carbonyl (C=O) groups excluding carboxylic acids is 2. The molecule has 0 radical (unpaired) electrons. The first-order valence-corrected chi connectivity index (χ1v) is 6.06. The zero-order valence-corrected chi connectivity index (χ0v) is 9.08. The third kappa shape index (κ3) is 2.13. The summed E-state index contributed by atoms with van der Waals surface area (Å²) in [6.45, 7) is 1.81. The van der Waals surface area contributed by atoms with Crippen molar-refractivity contribution in [2.75, 3.05) is 12.0 Å². The molecule has 0 spiro atoms. The quantitative estimate of drug-likeness (QED) is 0.654. The van der Waals surface area contributed by atoms with E-state index in [0.717, 1.165) is 12.2 Å². The highest BCUT2D eigenvalue weighted by molar-refractivity contribution is 7.98. The minimum atomic E-state index is -0.652. The van der Waals surface area contributed by atoms with Gasteiger partial charge in [-0.1, -0.05) is 0 Å². The molecule has 1 aliphatic rings. The van der Waals surface area contributed by atoms with Crippen LogP contribution in [0.3, 0.4) is 0 Å². The molecule has 1 aliphatic carbocycles. The van der Waals surface area contributed by atoms with Gasteiger partial charge >= 0.3 is 0 Å². The van der Waals surface area contributed by atoms with Crippen molar-refractivity contribution in [1.82, 2.24) is 0 Å².